The van der Waals surface area contributed by atoms with Crippen molar-refractivity contribution in [2.75, 3.05) is 0 Å². The van der Waals surface area contributed by atoms with Gasteiger partial charge < -0.3 is 17.7 Å². The van der Waals surface area contributed by atoms with Crippen LogP contribution >= 0.6 is 0 Å². The van der Waals surface area contributed by atoms with Crippen LogP contribution in [0.4, 0.5) is 21.7 Å². The van der Waals surface area contributed by atoms with Crippen molar-refractivity contribution in [3.05, 3.63) is 59.2 Å². The minimum atomic E-state index is -5.47. The summed E-state index contributed by atoms with van der Waals surface area (Å²) in [5.74, 6) is -2.34. The maximum absolute atomic E-state index is 13.5. The van der Waals surface area contributed by atoms with Crippen LogP contribution in [0.3, 0.4) is 0 Å². The summed E-state index contributed by atoms with van der Waals surface area (Å²) in [6.07, 6.45) is 0. The third-order valence-corrected chi connectivity index (χ3v) is 2.88. The lowest BCUT2D eigenvalue weighted by atomic mass is 9.79. The van der Waals surface area contributed by atoms with Gasteiger partial charge in [-0.05, 0) is 36.4 Å². The van der Waals surface area contributed by atoms with E-state index in [2.05, 4.69) is 0 Å². The zero-order valence-corrected chi connectivity index (χ0v) is 11.0. The molecule has 0 atom stereocenters. The van der Waals surface area contributed by atoms with E-state index < -0.39 is 36.4 Å². The van der Waals surface area contributed by atoms with Crippen molar-refractivity contribution in [3.8, 4) is 11.8 Å². The second kappa shape index (κ2) is 6.06. The summed E-state index contributed by atoms with van der Waals surface area (Å²) < 4.78 is 70.0. The van der Waals surface area contributed by atoms with Crippen LogP contribution in [0.5, 0.6) is 5.75 Å². The quantitative estimate of drug-likeness (QED) is 0.640. The molecule has 0 radical (unpaired) electrons. The Morgan fingerprint density at radius 3 is 2.41 bits per heavy atom. The molecule has 2 aromatic carbocycles. The van der Waals surface area contributed by atoms with E-state index in [0.717, 1.165) is 18.2 Å². The lowest BCUT2D eigenvalue weighted by Crippen LogP contribution is -2.35. The summed E-state index contributed by atoms with van der Waals surface area (Å²) in [6, 6.07) is 7.22. The highest BCUT2D eigenvalue weighted by Crippen LogP contribution is 2.20. The molecule has 0 heterocycles. The van der Waals surface area contributed by atoms with Crippen LogP contribution in [0, 0.1) is 23.0 Å². The summed E-state index contributed by atoms with van der Waals surface area (Å²) in [5.41, 5.74) is -1.14. The molecule has 0 N–H and O–H groups in total. The standard InChI is InChI=1S/C14H8BF5NO/c16-11-2-4-14(12(6-11)15(18,19)20)22-8-10-5-9(7-21)1-3-13(10)17/h1-6H,8H2/q-1. The van der Waals surface area contributed by atoms with Crippen LogP contribution in [0.2, 0.25) is 0 Å². The van der Waals surface area contributed by atoms with Crippen molar-refractivity contribution in [1.82, 2.24) is 0 Å². The molecule has 0 amide bonds. The Kier molecular flexibility index (Phi) is 4.36. The van der Waals surface area contributed by atoms with Gasteiger partial charge in [0.25, 0.3) is 0 Å². The van der Waals surface area contributed by atoms with Crippen molar-refractivity contribution in [3.63, 3.8) is 0 Å². The Labute approximate surface area is 122 Å². The van der Waals surface area contributed by atoms with Gasteiger partial charge in [-0.15, -0.1) is 0 Å². The molecule has 0 spiro atoms. The predicted octanol–water partition coefficient (Wildman–Crippen LogP) is 3.47. The van der Waals surface area contributed by atoms with Crippen molar-refractivity contribution < 1.29 is 26.5 Å². The zero-order chi connectivity index (χ0) is 16.3. The number of benzene rings is 2. The summed E-state index contributed by atoms with van der Waals surface area (Å²) in [7, 11) is 0. The van der Waals surface area contributed by atoms with E-state index in [4.69, 9.17) is 10.00 Å². The van der Waals surface area contributed by atoms with E-state index in [-0.39, 0.29) is 11.1 Å². The first-order valence-electron chi connectivity index (χ1n) is 6.12. The van der Waals surface area contributed by atoms with E-state index in [0.29, 0.717) is 6.07 Å². The molecule has 2 aromatic rings. The lowest BCUT2D eigenvalue weighted by molar-refractivity contribution is 0.300. The van der Waals surface area contributed by atoms with Gasteiger partial charge in [-0.2, -0.15) is 5.26 Å². The molecule has 2 nitrogen and oxygen atoms in total. The Morgan fingerprint density at radius 1 is 1.05 bits per heavy atom. The number of halogens is 5. The fraction of sp³-hybridized carbons (Fsp3) is 0.0714. The van der Waals surface area contributed by atoms with Crippen molar-refractivity contribution in [2.24, 2.45) is 0 Å². The molecule has 0 unspecified atom stereocenters. The third-order valence-electron chi connectivity index (χ3n) is 2.88. The largest absolute Gasteiger partial charge is 0.513 e. The Balaban J connectivity index is 2.28. The highest BCUT2D eigenvalue weighted by molar-refractivity contribution is 6.74. The van der Waals surface area contributed by atoms with Crippen LogP contribution in [0.1, 0.15) is 11.1 Å². The summed E-state index contributed by atoms with van der Waals surface area (Å²) in [6.45, 7) is -5.98. The number of nitriles is 1. The molecule has 8 heteroatoms. The highest BCUT2D eigenvalue weighted by atomic mass is 19.4. The molecule has 114 valence electrons. The molecule has 0 saturated heterocycles. The van der Waals surface area contributed by atoms with Crippen molar-refractivity contribution >= 4 is 12.4 Å². The van der Waals surface area contributed by atoms with Gasteiger partial charge >= 0.3 is 6.98 Å². The van der Waals surface area contributed by atoms with Crippen LogP contribution in [0.15, 0.2) is 36.4 Å². The Bertz CT molecular complexity index is 739. The molecule has 0 aliphatic rings. The minimum absolute atomic E-state index is 0.0657. The van der Waals surface area contributed by atoms with Crippen LogP contribution in [-0.4, -0.2) is 6.98 Å². The molecule has 0 bridgehead atoms. The molecular weight excluding hydrogens is 304 g/mol. The molecule has 0 aromatic heterocycles. The van der Waals surface area contributed by atoms with Gasteiger partial charge in [-0.25, -0.2) is 8.78 Å². The van der Waals surface area contributed by atoms with Crippen molar-refractivity contribution in [2.45, 2.75) is 6.61 Å². The van der Waals surface area contributed by atoms with Crippen LogP contribution in [0.25, 0.3) is 0 Å². The van der Waals surface area contributed by atoms with Gasteiger partial charge in [0.1, 0.15) is 18.2 Å². The molecule has 0 aliphatic carbocycles. The average Bonchev–Trinajstić information content (AvgIpc) is 2.46. The topological polar surface area (TPSA) is 33.0 Å². The van der Waals surface area contributed by atoms with Gasteiger partial charge in [0.15, 0.2) is 0 Å². The first-order chi connectivity index (χ1) is 10.3. The molecule has 0 aliphatic heterocycles. The van der Waals surface area contributed by atoms with Gasteiger partial charge in [-0.1, -0.05) is 5.46 Å². The van der Waals surface area contributed by atoms with E-state index in [1.54, 1.807) is 6.07 Å². The SMILES string of the molecule is N#Cc1ccc(F)c(COc2ccc(F)cc2[B-](F)(F)F)c1. The van der Waals surface area contributed by atoms with E-state index in [1.165, 1.54) is 12.1 Å². The third kappa shape index (κ3) is 3.55. The van der Waals surface area contributed by atoms with Gasteiger partial charge in [0.05, 0.1) is 17.4 Å². The number of ether oxygens (including phenoxy) is 1. The van der Waals surface area contributed by atoms with E-state index >= 15 is 0 Å². The van der Waals surface area contributed by atoms with Crippen molar-refractivity contribution in [1.29, 1.82) is 5.26 Å². The summed E-state index contributed by atoms with van der Waals surface area (Å²) in [4.78, 5) is 0. The minimum Gasteiger partial charge on any atom is -0.492 e. The Morgan fingerprint density at radius 2 is 1.77 bits per heavy atom. The second-order valence-electron chi connectivity index (χ2n) is 4.46. The number of rotatable bonds is 4. The first-order valence-corrected chi connectivity index (χ1v) is 6.12. The highest BCUT2D eigenvalue weighted by Gasteiger charge is 2.30. The number of hydrogen-bond donors (Lipinski definition) is 0. The van der Waals surface area contributed by atoms with E-state index in [9.17, 15) is 21.7 Å². The zero-order valence-electron chi connectivity index (χ0n) is 11.0. The summed E-state index contributed by atoms with van der Waals surface area (Å²) in [5, 5.41) is 8.72. The fourth-order valence-electron chi connectivity index (χ4n) is 1.82. The average molecular weight is 312 g/mol. The summed E-state index contributed by atoms with van der Waals surface area (Å²) >= 11 is 0. The van der Waals surface area contributed by atoms with E-state index in [1.807, 2.05) is 0 Å². The second-order valence-corrected chi connectivity index (χ2v) is 4.46. The normalized spacial score (nSPS) is 11.1. The van der Waals surface area contributed by atoms with Gasteiger partial charge in [0, 0.05) is 5.56 Å². The lowest BCUT2D eigenvalue weighted by Gasteiger charge is -2.20. The van der Waals surface area contributed by atoms with Crippen LogP contribution < -0.4 is 10.2 Å². The predicted molar refractivity (Wildman–Crippen MR) is 70.6 cm³/mol. The fourth-order valence-corrected chi connectivity index (χ4v) is 1.82. The van der Waals surface area contributed by atoms with Gasteiger partial charge in [0.2, 0.25) is 0 Å². The molecule has 22 heavy (non-hydrogen) atoms. The van der Waals surface area contributed by atoms with Gasteiger partial charge in [-0.3, -0.25) is 0 Å². The number of nitrogens with zero attached hydrogens (tertiary/aromatic N) is 1. The smallest absolute Gasteiger partial charge is 0.492 e. The molecule has 2 rings (SSSR count). The molecular formula is C14H8BF5NO-. The maximum atomic E-state index is 13.5. The molecule has 0 fully saturated rings. The first kappa shape index (κ1) is 15.8. The van der Waals surface area contributed by atoms with Crippen LogP contribution in [-0.2, 0) is 6.61 Å². The monoisotopic (exact) mass is 312 g/mol. The molecule has 0 saturated carbocycles. The Hall–Kier alpha value is -2.56. The number of hydrogen-bond acceptors (Lipinski definition) is 2. The maximum Gasteiger partial charge on any atom is 0.513 e.